The normalized spacial score (nSPS) is 19.1. The van der Waals surface area contributed by atoms with E-state index in [9.17, 15) is 21.6 Å². The lowest BCUT2D eigenvalue weighted by atomic mass is 10.2. The number of alkyl halides is 3. The van der Waals surface area contributed by atoms with Gasteiger partial charge in [0.15, 0.2) is 5.82 Å². The summed E-state index contributed by atoms with van der Waals surface area (Å²) in [5.41, 5.74) is 0. The molecule has 1 fully saturated rings. The molecule has 0 aliphatic carbocycles. The third-order valence-corrected chi connectivity index (χ3v) is 7.92. The van der Waals surface area contributed by atoms with E-state index in [2.05, 4.69) is 27.9 Å². The van der Waals surface area contributed by atoms with Crippen molar-refractivity contribution in [2.24, 2.45) is 0 Å². The summed E-state index contributed by atoms with van der Waals surface area (Å²) < 4.78 is 66.9. The molecule has 3 aromatic heterocycles. The smallest absolute Gasteiger partial charge is 0.347 e. The Hall–Kier alpha value is -2.52. The fourth-order valence-corrected chi connectivity index (χ4v) is 6.50. The van der Waals surface area contributed by atoms with E-state index in [4.69, 9.17) is 9.97 Å². The zero-order valence-corrected chi connectivity index (χ0v) is 20.8. The number of aryl methyl sites for hydroxylation is 1. The Balaban J connectivity index is 1.49. The number of anilines is 2. The third-order valence-electron chi connectivity index (χ3n) is 6.07. The van der Waals surface area contributed by atoms with E-state index >= 15 is 0 Å². The fraction of sp³-hybridized carbons (Fsp3) is 0.600. The van der Waals surface area contributed by atoms with Crippen LogP contribution < -0.4 is 14.5 Å². The number of thiophene rings is 1. The molecule has 2 aliphatic heterocycles. The van der Waals surface area contributed by atoms with Crippen molar-refractivity contribution < 1.29 is 21.6 Å². The highest BCUT2D eigenvalue weighted by Crippen LogP contribution is 2.36. The van der Waals surface area contributed by atoms with Crippen molar-refractivity contribution in [1.82, 2.24) is 29.5 Å². The first-order valence-electron chi connectivity index (χ1n) is 11.3. The van der Waals surface area contributed by atoms with Gasteiger partial charge >= 0.3 is 6.18 Å². The molecule has 0 bridgehead atoms. The Morgan fingerprint density at radius 1 is 1.17 bits per heavy atom. The maximum Gasteiger partial charge on any atom is 0.451 e. The summed E-state index contributed by atoms with van der Waals surface area (Å²) in [5, 5.41) is 8.02. The second-order valence-corrected chi connectivity index (χ2v) is 11.8. The summed E-state index contributed by atoms with van der Waals surface area (Å²) in [7, 11) is -3.33. The van der Waals surface area contributed by atoms with Crippen LogP contribution in [0.25, 0.3) is 10.2 Å². The van der Waals surface area contributed by atoms with Crippen molar-refractivity contribution in [1.29, 1.82) is 0 Å². The summed E-state index contributed by atoms with van der Waals surface area (Å²) in [6.07, 6.45) is -0.931. The average molecular weight is 531 g/mol. The maximum atomic E-state index is 13.3. The van der Waals surface area contributed by atoms with Crippen LogP contribution in [0.1, 0.15) is 36.3 Å². The number of nitrogens with one attached hydrogen (secondary N) is 1. The molecular weight excluding hydrogens is 505 g/mol. The highest BCUT2D eigenvalue weighted by Gasteiger charge is 2.40. The van der Waals surface area contributed by atoms with Gasteiger partial charge in [-0.2, -0.15) is 18.2 Å². The molecule has 1 saturated heterocycles. The summed E-state index contributed by atoms with van der Waals surface area (Å²) in [5.74, 6) is 0.381. The van der Waals surface area contributed by atoms with Gasteiger partial charge in [-0.1, -0.05) is 13.3 Å². The zero-order valence-electron chi connectivity index (χ0n) is 19.2. The molecule has 35 heavy (non-hydrogen) atoms. The van der Waals surface area contributed by atoms with Crippen molar-refractivity contribution in [2.75, 3.05) is 35.7 Å². The van der Waals surface area contributed by atoms with Crippen LogP contribution in [-0.4, -0.2) is 65.1 Å². The number of aromatic nitrogens is 5. The lowest BCUT2D eigenvalue weighted by molar-refractivity contribution is -0.147. The lowest BCUT2D eigenvalue weighted by Crippen LogP contribution is -2.37. The second kappa shape index (κ2) is 8.85. The molecule has 0 saturated carbocycles. The number of sulfonamides is 1. The number of hydrogen-bond acceptors (Lipinski definition) is 9. The minimum Gasteiger partial charge on any atom is -0.347 e. The molecule has 2 aliphatic rings. The first-order valence-corrected chi connectivity index (χ1v) is 14.0. The standard InChI is InChI=1S/C20H25F3N8O2S2/c1-3-4-13-9-14-16(29-7-8-31-15(11-29)26-27-18(31)20(21,22)23)24-19(25-17(14)34-13)30-6-5-12(10-30)28-35(2,32)33/h9,12,28H,3-8,10-11H2,1-2H3. The number of rotatable bonds is 6. The van der Waals surface area contributed by atoms with Gasteiger partial charge in [0.1, 0.15) is 10.6 Å². The van der Waals surface area contributed by atoms with Gasteiger partial charge < -0.3 is 14.4 Å². The van der Waals surface area contributed by atoms with Gasteiger partial charge in [0.25, 0.3) is 0 Å². The van der Waals surface area contributed by atoms with Crippen molar-refractivity contribution in [3.8, 4) is 0 Å². The van der Waals surface area contributed by atoms with Crippen molar-refractivity contribution >= 4 is 43.3 Å². The fourth-order valence-electron chi connectivity index (χ4n) is 4.59. The van der Waals surface area contributed by atoms with E-state index in [0.717, 1.165) is 38.8 Å². The van der Waals surface area contributed by atoms with Crippen LogP contribution >= 0.6 is 11.3 Å². The molecule has 0 aromatic carbocycles. The Kier molecular flexibility index (Phi) is 6.12. The largest absolute Gasteiger partial charge is 0.451 e. The van der Waals surface area contributed by atoms with Crippen molar-refractivity contribution in [3.05, 3.63) is 22.6 Å². The minimum absolute atomic E-state index is 0.0913. The van der Waals surface area contributed by atoms with Crippen LogP contribution in [0.15, 0.2) is 6.07 Å². The van der Waals surface area contributed by atoms with E-state index in [-0.39, 0.29) is 25.0 Å². The van der Waals surface area contributed by atoms with Gasteiger partial charge in [-0.05, 0) is 18.9 Å². The molecule has 0 radical (unpaired) electrons. The van der Waals surface area contributed by atoms with Gasteiger partial charge in [-0.15, -0.1) is 21.5 Å². The van der Waals surface area contributed by atoms with Gasteiger partial charge in [0, 0.05) is 37.1 Å². The maximum absolute atomic E-state index is 13.3. The summed E-state index contributed by atoms with van der Waals surface area (Å²) in [6, 6.07) is 1.82. The lowest BCUT2D eigenvalue weighted by Gasteiger charge is -2.30. The molecule has 1 unspecified atom stereocenters. The molecule has 0 amide bonds. The molecule has 1 atom stereocenters. The number of nitrogens with zero attached hydrogens (tertiary/aromatic N) is 7. The SMILES string of the molecule is CCCc1cc2c(N3CCn4c(nnc4C(F)(F)F)C3)nc(N3CCC(NS(C)(=O)=O)C3)nc2s1. The third kappa shape index (κ3) is 4.93. The van der Waals surface area contributed by atoms with E-state index in [0.29, 0.717) is 37.8 Å². The van der Waals surface area contributed by atoms with Crippen molar-refractivity contribution in [3.63, 3.8) is 0 Å². The Labute approximate surface area is 204 Å². The number of halogens is 3. The Morgan fingerprint density at radius 3 is 2.69 bits per heavy atom. The quantitative estimate of drug-likeness (QED) is 0.518. The van der Waals surface area contributed by atoms with E-state index < -0.39 is 22.0 Å². The average Bonchev–Trinajstić information content (AvgIpc) is 3.48. The molecular formula is C20H25F3N8O2S2. The molecule has 15 heteroatoms. The molecule has 190 valence electrons. The van der Waals surface area contributed by atoms with Gasteiger partial charge in [-0.3, -0.25) is 0 Å². The zero-order chi connectivity index (χ0) is 25.0. The summed E-state index contributed by atoms with van der Waals surface area (Å²) in [6.45, 7) is 3.68. The minimum atomic E-state index is -4.56. The van der Waals surface area contributed by atoms with E-state index in [1.54, 1.807) is 11.3 Å². The molecule has 0 spiro atoms. The van der Waals surface area contributed by atoms with Gasteiger partial charge in [0.05, 0.1) is 18.2 Å². The van der Waals surface area contributed by atoms with Crippen LogP contribution in [0, 0.1) is 0 Å². The van der Waals surface area contributed by atoms with Crippen molar-refractivity contribution in [2.45, 2.75) is 51.5 Å². The van der Waals surface area contributed by atoms with Crippen LogP contribution in [0.5, 0.6) is 0 Å². The first-order chi connectivity index (χ1) is 16.5. The first kappa shape index (κ1) is 24.2. The van der Waals surface area contributed by atoms with Crippen LogP contribution in [0.4, 0.5) is 24.9 Å². The van der Waals surface area contributed by atoms with E-state index in [1.165, 1.54) is 0 Å². The second-order valence-electron chi connectivity index (χ2n) is 8.86. The predicted octanol–water partition coefficient (Wildman–Crippen LogP) is 2.40. The highest BCUT2D eigenvalue weighted by molar-refractivity contribution is 7.88. The van der Waals surface area contributed by atoms with E-state index in [1.807, 2.05) is 9.80 Å². The molecule has 5 rings (SSSR count). The summed E-state index contributed by atoms with van der Waals surface area (Å²) >= 11 is 1.58. The van der Waals surface area contributed by atoms with Crippen LogP contribution in [0.3, 0.4) is 0 Å². The molecule has 1 N–H and O–H groups in total. The predicted molar refractivity (Wildman–Crippen MR) is 126 cm³/mol. The molecule has 3 aromatic rings. The topological polar surface area (TPSA) is 109 Å². The number of fused-ring (bicyclic) bond motifs is 2. The number of hydrogen-bond donors (Lipinski definition) is 1. The van der Waals surface area contributed by atoms with Crippen LogP contribution in [0.2, 0.25) is 0 Å². The molecule has 10 nitrogen and oxygen atoms in total. The highest BCUT2D eigenvalue weighted by atomic mass is 32.2. The van der Waals surface area contributed by atoms with Gasteiger partial charge in [0.2, 0.25) is 21.8 Å². The monoisotopic (exact) mass is 530 g/mol. The van der Waals surface area contributed by atoms with Gasteiger partial charge in [-0.25, -0.2) is 18.1 Å². The summed E-state index contributed by atoms with van der Waals surface area (Å²) in [4.78, 5) is 15.4. The Bertz CT molecular complexity index is 1350. The van der Waals surface area contributed by atoms with Crippen LogP contribution in [-0.2, 0) is 35.7 Å². The molecule has 5 heterocycles. The Morgan fingerprint density at radius 2 is 1.97 bits per heavy atom.